The van der Waals surface area contributed by atoms with Crippen LogP contribution in [-0.2, 0) is 9.59 Å². The van der Waals surface area contributed by atoms with Crippen molar-refractivity contribution in [3.63, 3.8) is 0 Å². The second-order valence-corrected chi connectivity index (χ2v) is 9.22. The predicted molar refractivity (Wildman–Crippen MR) is 123 cm³/mol. The molecule has 1 aliphatic carbocycles. The standard InChI is InChI=1S/C24H27N3O2S/c1-16-12-13-20(17(2)14-16)26-22(28)15-21-23(29)27(19-10-6-7-11-19)24(30-21)25-18-8-4-3-5-9-18/h3-5,8-9,12-14,19,21H,6-7,10-11,15H2,1-2H3,(H,26,28)/t21-/m1/s1. The van der Waals surface area contributed by atoms with Crippen LogP contribution in [0, 0.1) is 13.8 Å². The van der Waals surface area contributed by atoms with E-state index in [2.05, 4.69) is 5.32 Å². The molecule has 1 heterocycles. The highest BCUT2D eigenvalue weighted by atomic mass is 32.2. The zero-order chi connectivity index (χ0) is 21.1. The summed E-state index contributed by atoms with van der Waals surface area (Å²) in [5.74, 6) is -0.127. The Hall–Kier alpha value is -2.60. The van der Waals surface area contributed by atoms with Gasteiger partial charge in [0.1, 0.15) is 5.25 Å². The summed E-state index contributed by atoms with van der Waals surface area (Å²) in [6.07, 6.45) is 4.42. The maximum atomic E-state index is 13.2. The lowest BCUT2D eigenvalue weighted by Crippen LogP contribution is -2.40. The number of carbonyl (C=O) groups is 2. The van der Waals surface area contributed by atoms with E-state index >= 15 is 0 Å². The van der Waals surface area contributed by atoms with Crippen molar-refractivity contribution in [2.45, 2.75) is 57.2 Å². The van der Waals surface area contributed by atoms with Gasteiger partial charge >= 0.3 is 0 Å². The third-order valence-electron chi connectivity index (χ3n) is 5.66. The van der Waals surface area contributed by atoms with Gasteiger partial charge < -0.3 is 5.32 Å². The Morgan fingerprint density at radius 1 is 1.13 bits per heavy atom. The number of nitrogens with zero attached hydrogens (tertiary/aromatic N) is 2. The van der Waals surface area contributed by atoms with Gasteiger partial charge in [0.25, 0.3) is 0 Å². The minimum absolute atomic E-state index is 0.0114. The van der Waals surface area contributed by atoms with Gasteiger partial charge in [0, 0.05) is 18.2 Å². The van der Waals surface area contributed by atoms with Crippen LogP contribution in [0.5, 0.6) is 0 Å². The van der Waals surface area contributed by atoms with Crippen LogP contribution in [0.3, 0.4) is 0 Å². The topological polar surface area (TPSA) is 61.8 Å². The minimum atomic E-state index is -0.432. The van der Waals surface area contributed by atoms with Gasteiger partial charge in [-0.1, -0.05) is 60.5 Å². The quantitative estimate of drug-likeness (QED) is 0.721. The molecule has 0 unspecified atom stereocenters. The first-order valence-electron chi connectivity index (χ1n) is 10.5. The van der Waals surface area contributed by atoms with E-state index in [0.29, 0.717) is 0 Å². The smallest absolute Gasteiger partial charge is 0.242 e. The Morgan fingerprint density at radius 3 is 2.57 bits per heavy atom. The zero-order valence-corrected chi connectivity index (χ0v) is 18.2. The number of nitrogens with one attached hydrogen (secondary N) is 1. The molecule has 0 aromatic heterocycles. The molecule has 0 spiro atoms. The van der Waals surface area contributed by atoms with Gasteiger partial charge in [0.05, 0.1) is 5.69 Å². The molecule has 1 saturated heterocycles. The molecule has 6 heteroatoms. The fraction of sp³-hybridized carbons (Fsp3) is 0.375. The van der Waals surface area contributed by atoms with Gasteiger partial charge in [-0.15, -0.1) is 0 Å². The van der Waals surface area contributed by atoms with Crippen molar-refractivity contribution in [3.05, 3.63) is 59.7 Å². The molecule has 2 aromatic carbocycles. The summed E-state index contributed by atoms with van der Waals surface area (Å²) >= 11 is 1.42. The number of amides is 2. The molecular weight excluding hydrogens is 394 g/mol. The normalized spacial score (nSPS) is 20.9. The number of aliphatic imine (C=N–C) groups is 1. The summed E-state index contributed by atoms with van der Waals surface area (Å²) in [6, 6.07) is 15.8. The van der Waals surface area contributed by atoms with Crippen molar-refractivity contribution in [2.24, 2.45) is 4.99 Å². The summed E-state index contributed by atoms with van der Waals surface area (Å²) in [5, 5.41) is 3.26. The largest absolute Gasteiger partial charge is 0.326 e. The molecule has 2 aliphatic rings. The van der Waals surface area contributed by atoms with Crippen LogP contribution in [-0.4, -0.2) is 33.2 Å². The average molecular weight is 422 g/mol. The number of hydrogen-bond donors (Lipinski definition) is 1. The van der Waals surface area contributed by atoms with Crippen molar-refractivity contribution in [3.8, 4) is 0 Å². The number of carbonyl (C=O) groups excluding carboxylic acids is 2. The Labute approximate surface area is 182 Å². The lowest BCUT2D eigenvalue weighted by Gasteiger charge is -2.23. The van der Waals surface area contributed by atoms with E-state index in [1.54, 1.807) is 0 Å². The maximum absolute atomic E-state index is 13.2. The molecule has 1 saturated carbocycles. The SMILES string of the molecule is Cc1ccc(NC(=O)C[C@H]2SC(=Nc3ccccc3)N(C3CCCC3)C2=O)c(C)c1. The first-order valence-corrected chi connectivity index (χ1v) is 11.4. The van der Waals surface area contributed by atoms with Crippen LogP contribution in [0.4, 0.5) is 11.4 Å². The highest BCUT2D eigenvalue weighted by molar-refractivity contribution is 8.15. The number of hydrogen-bond acceptors (Lipinski definition) is 4. The molecule has 1 atom stereocenters. The molecule has 0 radical (unpaired) electrons. The van der Waals surface area contributed by atoms with Gasteiger partial charge in [-0.3, -0.25) is 14.5 Å². The number of benzene rings is 2. The Balaban J connectivity index is 1.51. The van der Waals surface area contributed by atoms with Crippen molar-refractivity contribution in [1.82, 2.24) is 4.90 Å². The molecule has 2 amide bonds. The van der Waals surface area contributed by atoms with E-state index in [1.807, 2.05) is 67.3 Å². The van der Waals surface area contributed by atoms with Gasteiger partial charge in [0.15, 0.2) is 5.17 Å². The fourth-order valence-electron chi connectivity index (χ4n) is 4.13. The molecule has 30 heavy (non-hydrogen) atoms. The van der Waals surface area contributed by atoms with Crippen molar-refractivity contribution in [2.75, 3.05) is 5.32 Å². The monoisotopic (exact) mass is 421 g/mol. The Morgan fingerprint density at radius 2 is 1.87 bits per heavy atom. The van der Waals surface area contributed by atoms with E-state index in [0.717, 1.165) is 53.4 Å². The van der Waals surface area contributed by atoms with Crippen LogP contribution in [0.1, 0.15) is 43.2 Å². The van der Waals surface area contributed by atoms with Crippen molar-refractivity contribution >= 4 is 40.1 Å². The molecular formula is C24H27N3O2S. The number of para-hydroxylation sites is 1. The van der Waals surface area contributed by atoms with E-state index < -0.39 is 5.25 Å². The van der Waals surface area contributed by atoms with Crippen molar-refractivity contribution < 1.29 is 9.59 Å². The van der Waals surface area contributed by atoms with Crippen molar-refractivity contribution in [1.29, 1.82) is 0 Å². The first-order chi connectivity index (χ1) is 14.5. The number of anilines is 1. The molecule has 0 bridgehead atoms. The summed E-state index contributed by atoms with van der Waals surface area (Å²) in [7, 11) is 0. The molecule has 1 aliphatic heterocycles. The summed E-state index contributed by atoms with van der Waals surface area (Å²) in [4.78, 5) is 32.6. The number of thioether (sulfide) groups is 1. The highest BCUT2D eigenvalue weighted by Crippen LogP contribution is 2.37. The second kappa shape index (κ2) is 9.04. The van der Waals surface area contributed by atoms with E-state index in [1.165, 1.54) is 11.8 Å². The lowest BCUT2D eigenvalue weighted by molar-refractivity contribution is -0.129. The predicted octanol–water partition coefficient (Wildman–Crippen LogP) is 5.21. The van der Waals surface area contributed by atoms with Crippen LogP contribution in [0.15, 0.2) is 53.5 Å². The second-order valence-electron chi connectivity index (χ2n) is 8.05. The van der Waals surface area contributed by atoms with Crippen LogP contribution < -0.4 is 5.32 Å². The number of amidine groups is 1. The van der Waals surface area contributed by atoms with Gasteiger partial charge in [-0.05, 0) is 50.5 Å². The number of aryl methyl sites for hydroxylation is 2. The third-order valence-corrected chi connectivity index (χ3v) is 6.82. The average Bonchev–Trinajstić information content (AvgIpc) is 3.33. The lowest BCUT2D eigenvalue weighted by atomic mass is 10.1. The van der Waals surface area contributed by atoms with E-state index in [9.17, 15) is 9.59 Å². The molecule has 5 nitrogen and oxygen atoms in total. The van der Waals surface area contributed by atoms with E-state index in [-0.39, 0.29) is 24.3 Å². The summed E-state index contributed by atoms with van der Waals surface area (Å²) in [6.45, 7) is 4.00. The van der Waals surface area contributed by atoms with E-state index in [4.69, 9.17) is 4.99 Å². The first kappa shape index (κ1) is 20.7. The van der Waals surface area contributed by atoms with Crippen LogP contribution >= 0.6 is 11.8 Å². The molecule has 156 valence electrons. The number of rotatable bonds is 5. The van der Waals surface area contributed by atoms with Crippen LogP contribution in [0.25, 0.3) is 0 Å². The highest BCUT2D eigenvalue weighted by Gasteiger charge is 2.43. The Bertz CT molecular complexity index is 968. The maximum Gasteiger partial charge on any atom is 0.242 e. The minimum Gasteiger partial charge on any atom is -0.326 e. The summed E-state index contributed by atoms with van der Waals surface area (Å²) < 4.78 is 0. The molecule has 4 rings (SSSR count). The van der Waals surface area contributed by atoms with Gasteiger partial charge in [-0.2, -0.15) is 0 Å². The fourth-order valence-corrected chi connectivity index (χ4v) is 5.34. The molecule has 2 aromatic rings. The third kappa shape index (κ3) is 4.59. The summed E-state index contributed by atoms with van der Waals surface area (Å²) in [5.41, 5.74) is 3.80. The molecule has 2 fully saturated rings. The van der Waals surface area contributed by atoms with Crippen LogP contribution in [0.2, 0.25) is 0 Å². The zero-order valence-electron chi connectivity index (χ0n) is 17.4. The van der Waals surface area contributed by atoms with Gasteiger partial charge in [0.2, 0.25) is 11.8 Å². The molecule has 1 N–H and O–H groups in total. The van der Waals surface area contributed by atoms with Gasteiger partial charge in [-0.25, -0.2) is 4.99 Å². The Kier molecular flexibility index (Phi) is 6.23.